The van der Waals surface area contributed by atoms with Gasteiger partial charge in [-0.1, -0.05) is 0 Å². The van der Waals surface area contributed by atoms with Crippen LogP contribution in [-0.2, 0) is 0 Å². The van der Waals surface area contributed by atoms with E-state index >= 15 is 0 Å². The van der Waals surface area contributed by atoms with Gasteiger partial charge in [0.25, 0.3) is 0 Å². The summed E-state index contributed by atoms with van der Waals surface area (Å²) >= 11 is 4.74. The van der Waals surface area contributed by atoms with E-state index in [-0.39, 0.29) is 12.8 Å². The maximum Gasteiger partial charge on any atom is 0.217 e. The molecule has 0 saturated carbocycles. The summed E-state index contributed by atoms with van der Waals surface area (Å²) in [5.41, 5.74) is 0. The second-order valence-corrected chi connectivity index (χ2v) is 2.14. The molecule has 0 fully saturated rings. The van der Waals surface area contributed by atoms with Crippen LogP contribution in [0.5, 0.6) is 0 Å². The highest BCUT2D eigenvalue weighted by Gasteiger charge is 2.20. The van der Waals surface area contributed by atoms with Crippen molar-refractivity contribution in [3.63, 3.8) is 0 Å². The number of hydrogen-bond donors (Lipinski definition) is 1. The molecule has 1 unspecified atom stereocenters. The number of nitrogens with zero attached hydrogens (tertiary/aromatic N) is 3. The van der Waals surface area contributed by atoms with Crippen molar-refractivity contribution in [3.8, 4) is 0 Å². The van der Waals surface area contributed by atoms with Gasteiger partial charge in [-0.05, 0) is 12.2 Å². The van der Waals surface area contributed by atoms with Gasteiger partial charge in [-0.2, -0.15) is 5.11 Å². The topological polar surface area (TPSA) is 48.2 Å². The molecule has 0 aromatic rings. The Labute approximate surface area is 58.2 Å². The molecule has 4 nitrogen and oxygen atoms in total. The Kier molecular flexibility index (Phi) is 1.73. The van der Waals surface area contributed by atoms with Gasteiger partial charge in [0.05, 0.1) is 6.61 Å². The molecular formula is C4H7N3OS. The van der Waals surface area contributed by atoms with Crippen LogP contribution in [0.2, 0.25) is 0 Å². The lowest BCUT2D eigenvalue weighted by Crippen LogP contribution is -2.30. The average molecular weight is 145 g/mol. The Balaban J connectivity index is 2.62. The van der Waals surface area contributed by atoms with Crippen LogP contribution < -0.4 is 0 Å². The average Bonchev–Trinajstić information content (AvgIpc) is 2.15. The summed E-state index contributed by atoms with van der Waals surface area (Å²) in [5.74, 6) is 0. The van der Waals surface area contributed by atoms with E-state index in [9.17, 15) is 0 Å². The molecule has 0 amide bonds. The highest BCUT2D eigenvalue weighted by molar-refractivity contribution is 7.80. The molecule has 0 saturated heterocycles. The number of hydrogen-bond acceptors (Lipinski definition) is 3. The summed E-state index contributed by atoms with van der Waals surface area (Å²) in [6.07, 6.45) is -0.252. The third-order valence-corrected chi connectivity index (χ3v) is 1.56. The maximum atomic E-state index is 8.60. The molecule has 1 atom stereocenters. The van der Waals surface area contributed by atoms with Crippen molar-refractivity contribution in [1.29, 1.82) is 0 Å². The van der Waals surface area contributed by atoms with Crippen molar-refractivity contribution in [1.82, 2.24) is 4.90 Å². The second-order valence-electron chi connectivity index (χ2n) is 1.77. The quantitative estimate of drug-likeness (QED) is 0.528. The first-order chi connectivity index (χ1) is 4.25. The van der Waals surface area contributed by atoms with Crippen LogP contribution in [-0.4, -0.2) is 34.9 Å². The van der Waals surface area contributed by atoms with E-state index in [0.29, 0.717) is 5.11 Å². The van der Waals surface area contributed by atoms with E-state index < -0.39 is 0 Å². The highest BCUT2D eigenvalue weighted by Crippen LogP contribution is 2.08. The fourth-order valence-corrected chi connectivity index (χ4v) is 0.719. The van der Waals surface area contributed by atoms with E-state index in [1.807, 2.05) is 0 Å². The van der Waals surface area contributed by atoms with Gasteiger partial charge in [0.15, 0.2) is 6.17 Å². The van der Waals surface area contributed by atoms with Crippen molar-refractivity contribution < 1.29 is 5.11 Å². The van der Waals surface area contributed by atoms with Crippen LogP contribution in [0.15, 0.2) is 10.2 Å². The maximum absolute atomic E-state index is 8.60. The normalized spacial score (nSPS) is 25.8. The molecule has 1 heterocycles. The minimum Gasteiger partial charge on any atom is -0.392 e. The Morgan fingerprint density at radius 1 is 1.89 bits per heavy atom. The van der Waals surface area contributed by atoms with Gasteiger partial charge in [-0.25, -0.2) is 0 Å². The largest absolute Gasteiger partial charge is 0.392 e. The highest BCUT2D eigenvalue weighted by atomic mass is 32.1. The Bertz CT molecular complexity index is 158. The molecule has 9 heavy (non-hydrogen) atoms. The summed E-state index contributed by atoms with van der Waals surface area (Å²) in [7, 11) is 1.75. The summed E-state index contributed by atoms with van der Waals surface area (Å²) in [6.45, 7) is -0.0276. The molecule has 1 aliphatic heterocycles. The minimum atomic E-state index is -0.252. The SMILES string of the molecule is CN1C(=S)N=NC1CO. The molecule has 1 N–H and O–H groups in total. The van der Waals surface area contributed by atoms with Crippen LogP contribution in [0.25, 0.3) is 0 Å². The molecule has 5 heteroatoms. The molecule has 0 bridgehead atoms. The number of aliphatic hydroxyl groups is 1. The number of aliphatic hydroxyl groups excluding tert-OH is 1. The zero-order chi connectivity index (χ0) is 6.85. The Morgan fingerprint density at radius 2 is 2.56 bits per heavy atom. The van der Waals surface area contributed by atoms with Crippen molar-refractivity contribution in [2.45, 2.75) is 6.17 Å². The second kappa shape index (κ2) is 2.36. The smallest absolute Gasteiger partial charge is 0.217 e. The first kappa shape index (κ1) is 6.57. The van der Waals surface area contributed by atoms with Crippen LogP contribution in [0, 0.1) is 0 Å². The number of thiocarbonyl (C=S) groups is 1. The van der Waals surface area contributed by atoms with Crippen LogP contribution >= 0.6 is 12.2 Å². The van der Waals surface area contributed by atoms with Crippen LogP contribution in [0.3, 0.4) is 0 Å². The monoisotopic (exact) mass is 145 g/mol. The lowest BCUT2D eigenvalue weighted by Gasteiger charge is -2.13. The zero-order valence-corrected chi connectivity index (χ0v) is 5.80. The van der Waals surface area contributed by atoms with E-state index in [0.717, 1.165) is 0 Å². The first-order valence-corrected chi connectivity index (χ1v) is 2.95. The van der Waals surface area contributed by atoms with Gasteiger partial charge in [0.1, 0.15) is 0 Å². The molecule has 0 spiro atoms. The number of azo groups is 1. The summed E-state index contributed by atoms with van der Waals surface area (Å²) in [4.78, 5) is 1.65. The molecule has 50 valence electrons. The third-order valence-electron chi connectivity index (χ3n) is 1.19. The van der Waals surface area contributed by atoms with Gasteiger partial charge in [-0.3, -0.25) is 0 Å². The van der Waals surface area contributed by atoms with Gasteiger partial charge in [0, 0.05) is 7.05 Å². The van der Waals surface area contributed by atoms with Crippen molar-refractivity contribution in [3.05, 3.63) is 0 Å². The first-order valence-electron chi connectivity index (χ1n) is 2.54. The lowest BCUT2D eigenvalue weighted by molar-refractivity contribution is 0.209. The molecule has 0 aliphatic carbocycles. The molecular weight excluding hydrogens is 138 g/mol. The summed E-state index contributed by atoms with van der Waals surface area (Å²) in [6, 6.07) is 0. The predicted octanol–water partition coefficient (Wildman–Crippen LogP) is -0.0127. The van der Waals surface area contributed by atoms with Crippen molar-refractivity contribution in [2.24, 2.45) is 10.2 Å². The third kappa shape index (κ3) is 1.06. The van der Waals surface area contributed by atoms with E-state index in [2.05, 4.69) is 10.2 Å². The zero-order valence-electron chi connectivity index (χ0n) is 4.98. The lowest BCUT2D eigenvalue weighted by atomic mass is 10.5. The molecule has 1 rings (SSSR count). The minimum absolute atomic E-state index is 0.0276. The molecule has 0 aromatic heterocycles. The molecule has 1 aliphatic rings. The van der Waals surface area contributed by atoms with Crippen molar-refractivity contribution in [2.75, 3.05) is 13.7 Å². The summed E-state index contributed by atoms with van der Waals surface area (Å²) < 4.78 is 0. The van der Waals surface area contributed by atoms with E-state index in [4.69, 9.17) is 17.3 Å². The summed E-state index contributed by atoms with van der Waals surface area (Å²) in [5, 5.41) is 16.3. The fourth-order valence-electron chi connectivity index (χ4n) is 0.551. The molecule has 0 radical (unpaired) electrons. The Hall–Kier alpha value is -0.550. The van der Waals surface area contributed by atoms with Gasteiger partial charge < -0.3 is 10.0 Å². The predicted molar refractivity (Wildman–Crippen MR) is 36.1 cm³/mol. The fraction of sp³-hybridized carbons (Fsp3) is 0.750. The Morgan fingerprint density at radius 3 is 2.78 bits per heavy atom. The van der Waals surface area contributed by atoms with Gasteiger partial charge >= 0.3 is 0 Å². The van der Waals surface area contributed by atoms with Crippen LogP contribution in [0.4, 0.5) is 0 Å². The van der Waals surface area contributed by atoms with E-state index in [1.54, 1.807) is 11.9 Å². The number of likely N-dealkylation sites (N-methyl/N-ethyl adjacent to an activating group) is 1. The number of rotatable bonds is 1. The van der Waals surface area contributed by atoms with Gasteiger partial charge in [-0.15, -0.1) is 5.11 Å². The van der Waals surface area contributed by atoms with Crippen molar-refractivity contribution >= 4 is 17.3 Å². The van der Waals surface area contributed by atoms with Gasteiger partial charge in [0.2, 0.25) is 5.11 Å². The molecule has 0 aromatic carbocycles. The van der Waals surface area contributed by atoms with E-state index in [1.165, 1.54) is 0 Å². The van der Waals surface area contributed by atoms with Crippen LogP contribution in [0.1, 0.15) is 0 Å². The standard InChI is InChI=1S/C4H7N3OS/c1-7-3(2-8)5-6-4(7)9/h3,8H,2H2,1H3.